The molecule has 0 radical (unpaired) electrons. The molecule has 0 aliphatic carbocycles. The van der Waals surface area contributed by atoms with Gasteiger partial charge in [0.05, 0.1) is 6.54 Å². The number of piperidine rings is 1. The van der Waals surface area contributed by atoms with E-state index in [9.17, 15) is 9.59 Å². The Hall–Kier alpha value is -1.10. The topological polar surface area (TPSA) is 61.4 Å². The second kappa shape index (κ2) is 6.48. The van der Waals surface area contributed by atoms with Gasteiger partial charge in [0, 0.05) is 13.6 Å². The Bertz CT molecular complexity index is 256. The van der Waals surface area contributed by atoms with Crippen LogP contribution >= 0.6 is 0 Å². The van der Waals surface area contributed by atoms with Crippen LogP contribution in [0.15, 0.2) is 0 Å². The summed E-state index contributed by atoms with van der Waals surface area (Å²) < 4.78 is 0. The summed E-state index contributed by atoms with van der Waals surface area (Å²) in [4.78, 5) is 25.2. The average molecular weight is 227 g/mol. The van der Waals surface area contributed by atoms with Crippen LogP contribution in [0.4, 0.5) is 0 Å². The summed E-state index contributed by atoms with van der Waals surface area (Å²) in [5.74, 6) is -0.0281. The molecule has 1 heterocycles. The van der Waals surface area contributed by atoms with Crippen LogP contribution in [0.5, 0.6) is 0 Å². The molecule has 0 saturated carbocycles. The van der Waals surface area contributed by atoms with Crippen LogP contribution in [0.1, 0.15) is 26.2 Å². The van der Waals surface area contributed by atoms with Gasteiger partial charge in [-0.2, -0.15) is 0 Å². The van der Waals surface area contributed by atoms with Crippen molar-refractivity contribution >= 4 is 11.8 Å². The van der Waals surface area contributed by atoms with E-state index in [1.165, 1.54) is 0 Å². The van der Waals surface area contributed by atoms with Crippen molar-refractivity contribution in [3.63, 3.8) is 0 Å². The summed E-state index contributed by atoms with van der Waals surface area (Å²) in [6, 6.07) is -0.273. The van der Waals surface area contributed by atoms with Crippen LogP contribution in [-0.4, -0.2) is 49.4 Å². The standard InChI is InChI=1S/C11H21N3O2/c1-3-13-8-10(15)14-7-5-4-6-9(14)11(16)12-2/h9,13H,3-8H2,1-2H3,(H,12,16). The van der Waals surface area contributed by atoms with Crippen LogP contribution in [0.3, 0.4) is 0 Å². The lowest BCUT2D eigenvalue weighted by molar-refractivity contribution is -0.141. The molecule has 0 bridgehead atoms. The van der Waals surface area contributed by atoms with Crippen molar-refractivity contribution in [3.05, 3.63) is 0 Å². The maximum absolute atomic E-state index is 11.9. The molecule has 5 nitrogen and oxygen atoms in total. The molecule has 0 aromatic carbocycles. The molecular formula is C11H21N3O2. The van der Waals surface area contributed by atoms with Crippen LogP contribution in [-0.2, 0) is 9.59 Å². The molecule has 92 valence electrons. The number of likely N-dealkylation sites (tertiary alicyclic amines) is 1. The Kier molecular flexibility index (Phi) is 5.25. The summed E-state index contributed by atoms with van der Waals surface area (Å²) in [6.45, 7) is 3.75. The van der Waals surface area contributed by atoms with Gasteiger partial charge >= 0.3 is 0 Å². The van der Waals surface area contributed by atoms with Crippen molar-refractivity contribution < 1.29 is 9.59 Å². The van der Waals surface area contributed by atoms with Gasteiger partial charge < -0.3 is 15.5 Å². The van der Waals surface area contributed by atoms with Crippen LogP contribution < -0.4 is 10.6 Å². The molecule has 1 saturated heterocycles. The molecule has 16 heavy (non-hydrogen) atoms. The lowest BCUT2D eigenvalue weighted by Gasteiger charge is -2.34. The summed E-state index contributed by atoms with van der Waals surface area (Å²) in [7, 11) is 1.61. The van der Waals surface area contributed by atoms with Gasteiger partial charge in [0.2, 0.25) is 11.8 Å². The number of carbonyl (C=O) groups is 2. The van der Waals surface area contributed by atoms with E-state index < -0.39 is 0 Å². The van der Waals surface area contributed by atoms with Crippen LogP contribution in [0, 0.1) is 0 Å². The van der Waals surface area contributed by atoms with Crippen LogP contribution in [0.2, 0.25) is 0 Å². The van der Waals surface area contributed by atoms with Gasteiger partial charge in [-0.05, 0) is 25.8 Å². The van der Waals surface area contributed by atoms with E-state index in [0.717, 1.165) is 25.8 Å². The van der Waals surface area contributed by atoms with Gasteiger partial charge in [-0.15, -0.1) is 0 Å². The van der Waals surface area contributed by atoms with Crippen molar-refractivity contribution in [2.75, 3.05) is 26.7 Å². The predicted octanol–water partition coefficient (Wildman–Crippen LogP) is -0.277. The second-order valence-corrected chi connectivity index (χ2v) is 3.99. The molecule has 1 rings (SSSR count). The highest BCUT2D eigenvalue weighted by atomic mass is 16.2. The molecule has 0 aromatic rings. The minimum absolute atomic E-state index is 0.0233. The van der Waals surface area contributed by atoms with Gasteiger partial charge in [-0.1, -0.05) is 6.92 Å². The minimum Gasteiger partial charge on any atom is -0.357 e. The average Bonchev–Trinajstić information content (AvgIpc) is 2.35. The molecule has 1 aliphatic heterocycles. The summed E-state index contributed by atoms with van der Waals surface area (Å²) in [5.41, 5.74) is 0. The molecular weight excluding hydrogens is 206 g/mol. The third-order valence-corrected chi connectivity index (χ3v) is 2.90. The fourth-order valence-corrected chi connectivity index (χ4v) is 2.00. The number of hydrogen-bond acceptors (Lipinski definition) is 3. The molecule has 1 unspecified atom stereocenters. The van der Waals surface area contributed by atoms with Crippen molar-refractivity contribution in [1.82, 2.24) is 15.5 Å². The first-order valence-electron chi connectivity index (χ1n) is 5.92. The quantitative estimate of drug-likeness (QED) is 0.694. The van der Waals surface area contributed by atoms with Gasteiger partial charge in [0.15, 0.2) is 0 Å². The van der Waals surface area contributed by atoms with Crippen molar-refractivity contribution in [1.29, 1.82) is 0 Å². The number of likely N-dealkylation sites (N-methyl/N-ethyl adjacent to an activating group) is 2. The van der Waals surface area contributed by atoms with E-state index in [1.54, 1.807) is 11.9 Å². The number of hydrogen-bond donors (Lipinski definition) is 2. The normalized spacial score (nSPS) is 20.6. The molecule has 5 heteroatoms. The Morgan fingerprint density at radius 3 is 2.75 bits per heavy atom. The van der Waals surface area contributed by atoms with Crippen molar-refractivity contribution in [3.8, 4) is 0 Å². The molecule has 2 amide bonds. The smallest absolute Gasteiger partial charge is 0.242 e. The van der Waals surface area contributed by atoms with Gasteiger partial charge in [-0.3, -0.25) is 9.59 Å². The van der Waals surface area contributed by atoms with Gasteiger partial charge in [0.1, 0.15) is 6.04 Å². The maximum atomic E-state index is 11.9. The van der Waals surface area contributed by atoms with Crippen LogP contribution in [0.25, 0.3) is 0 Å². The summed E-state index contributed by atoms with van der Waals surface area (Å²) >= 11 is 0. The third-order valence-electron chi connectivity index (χ3n) is 2.90. The van der Waals surface area contributed by atoms with E-state index >= 15 is 0 Å². The SMILES string of the molecule is CCNCC(=O)N1CCCCC1C(=O)NC. The fraction of sp³-hybridized carbons (Fsp3) is 0.818. The zero-order chi connectivity index (χ0) is 12.0. The second-order valence-electron chi connectivity index (χ2n) is 3.99. The zero-order valence-corrected chi connectivity index (χ0v) is 10.1. The first-order chi connectivity index (χ1) is 7.70. The zero-order valence-electron chi connectivity index (χ0n) is 10.1. The van der Waals surface area contributed by atoms with Gasteiger partial charge in [-0.25, -0.2) is 0 Å². The van der Waals surface area contributed by atoms with E-state index in [2.05, 4.69) is 10.6 Å². The summed E-state index contributed by atoms with van der Waals surface area (Å²) in [5, 5.41) is 5.62. The third kappa shape index (κ3) is 3.20. The van der Waals surface area contributed by atoms with Crippen molar-refractivity contribution in [2.24, 2.45) is 0 Å². The highest BCUT2D eigenvalue weighted by Gasteiger charge is 2.30. The molecule has 1 aliphatic rings. The maximum Gasteiger partial charge on any atom is 0.242 e. The van der Waals surface area contributed by atoms with Gasteiger partial charge in [0.25, 0.3) is 0 Å². The predicted molar refractivity (Wildman–Crippen MR) is 62.0 cm³/mol. The van der Waals surface area contributed by atoms with Crippen molar-refractivity contribution in [2.45, 2.75) is 32.2 Å². The first-order valence-corrected chi connectivity index (χ1v) is 5.92. The number of nitrogens with one attached hydrogen (secondary N) is 2. The minimum atomic E-state index is -0.273. The van der Waals surface area contributed by atoms with E-state index in [0.29, 0.717) is 13.1 Å². The van der Waals surface area contributed by atoms with E-state index in [1.807, 2.05) is 6.92 Å². The highest BCUT2D eigenvalue weighted by Crippen LogP contribution is 2.17. The molecule has 2 N–H and O–H groups in total. The Labute approximate surface area is 96.6 Å². The molecule has 0 aromatic heterocycles. The number of nitrogens with zero attached hydrogens (tertiary/aromatic N) is 1. The Morgan fingerprint density at radius 2 is 2.12 bits per heavy atom. The first kappa shape index (κ1) is 13.0. The number of carbonyl (C=O) groups excluding carboxylic acids is 2. The molecule has 1 fully saturated rings. The molecule has 0 spiro atoms. The van der Waals surface area contributed by atoms with E-state index in [-0.39, 0.29) is 17.9 Å². The largest absolute Gasteiger partial charge is 0.357 e. The summed E-state index contributed by atoms with van der Waals surface area (Å²) in [6.07, 6.45) is 2.78. The Morgan fingerprint density at radius 1 is 1.38 bits per heavy atom. The Balaban J connectivity index is 2.59. The highest BCUT2D eigenvalue weighted by molar-refractivity contribution is 5.88. The fourth-order valence-electron chi connectivity index (χ4n) is 2.00. The number of rotatable bonds is 4. The monoisotopic (exact) mass is 227 g/mol. The molecule has 1 atom stereocenters. The van der Waals surface area contributed by atoms with E-state index in [4.69, 9.17) is 0 Å². The number of amides is 2. The lowest BCUT2D eigenvalue weighted by Crippen LogP contribution is -2.53. The lowest BCUT2D eigenvalue weighted by atomic mass is 10.0.